The molecule has 4 nitrogen and oxygen atoms in total. The summed E-state index contributed by atoms with van der Waals surface area (Å²) in [7, 11) is 0. The molecule has 0 fully saturated rings. The van der Waals surface area contributed by atoms with Crippen LogP contribution in [0.15, 0.2) is 46.7 Å². The summed E-state index contributed by atoms with van der Waals surface area (Å²) in [4.78, 5) is 24.8. The van der Waals surface area contributed by atoms with E-state index in [4.69, 9.17) is 0 Å². The number of alkyl halides is 2. The van der Waals surface area contributed by atoms with Crippen LogP contribution in [0.4, 0.5) is 14.5 Å². The Labute approximate surface area is 140 Å². The molecule has 1 heterocycles. The first-order valence-corrected chi connectivity index (χ1v) is 8.42. The van der Waals surface area contributed by atoms with Crippen LogP contribution < -0.4 is 10.6 Å². The van der Waals surface area contributed by atoms with Crippen molar-refractivity contribution in [1.82, 2.24) is 5.32 Å². The molecular formula is C15H14F2N2O2S2. The van der Waals surface area contributed by atoms with Crippen LogP contribution in [0.2, 0.25) is 0 Å². The summed E-state index contributed by atoms with van der Waals surface area (Å²) in [5, 5.41) is 6.89. The highest BCUT2D eigenvalue weighted by Gasteiger charge is 2.19. The molecule has 2 aromatic rings. The fourth-order valence-corrected chi connectivity index (χ4v) is 2.97. The zero-order chi connectivity index (χ0) is 16.8. The molecule has 122 valence electrons. The Bertz CT molecular complexity index is 678. The molecule has 0 aliphatic carbocycles. The lowest BCUT2D eigenvalue weighted by Crippen LogP contribution is -2.41. The van der Waals surface area contributed by atoms with E-state index in [2.05, 4.69) is 10.6 Å². The number of benzene rings is 1. The van der Waals surface area contributed by atoms with Gasteiger partial charge in [-0.2, -0.15) is 8.78 Å². The van der Waals surface area contributed by atoms with Gasteiger partial charge in [-0.05, 0) is 30.5 Å². The first kappa shape index (κ1) is 17.4. The van der Waals surface area contributed by atoms with Crippen LogP contribution in [0.3, 0.4) is 0 Å². The third kappa shape index (κ3) is 5.04. The number of hydrogen-bond acceptors (Lipinski definition) is 4. The second-order valence-electron chi connectivity index (χ2n) is 4.54. The number of thiophene rings is 1. The highest BCUT2D eigenvalue weighted by Crippen LogP contribution is 2.31. The molecular weight excluding hydrogens is 342 g/mol. The summed E-state index contributed by atoms with van der Waals surface area (Å²) >= 11 is 1.62. The summed E-state index contributed by atoms with van der Waals surface area (Å²) in [6.45, 7) is 1.53. The number of carbonyl (C=O) groups is 2. The Kier molecular flexibility index (Phi) is 6.12. The van der Waals surface area contributed by atoms with E-state index in [1.165, 1.54) is 30.4 Å². The smallest absolute Gasteiger partial charge is 0.288 e. The van der Waals surface area contributed by atoms with Crippen LogP contribution >= 0.6 is 23.1 Å². The van der Waals surface area contributed by atoms with E-state index in [-0.39, 0.29) is 10.8 Å². The zero-order valence-electron chi connectivity index (χ0n) is 12.1. The van der Waals surface area contributed by atoms with E-state index in [0.717, 1.165) is 0 Å². The lowest BCUT2D eigenvalue weighted by atomic mass is 10.2. The van der Waals surface area contributed by atoms with Gasteiger partial charge in [-0.3, -0.25) is 9.59 Å². The molecule has 8 heteroatoms. The molecule has 1 unspecified atom stereocenters. The van der Waals surface area contributed by atoms with Crippen molar-refractivity contribution in [3.8, 4) is 0 Å². The van der Waals surface area contributed by atoms with Crippen molar-refractivity contribution < 1.29 is 18.4 Å². The Hall–Kier alpha value is -1.93. The predicted molar refractivity (Wildman–Crippen MR) is 88.2 cm³/mol. The van der Waals surface area contributed by atoms with Crippen molar-refractivity contribution in [2.75, 3.05) is 5.32 Å². The Morgan fingerprint density at radius 2 is 1.91 bits per heavy atom. The van der Waals surface area contributed by atoms with E-state index in [0.29, 0.717) is 22.3 Å². The summed E-state index contributed by atoms with van der Waals surface area (Å²) < 4.78 is 25.0. The molecule has 0 saturated carbocycles. The summed E-state index contributed by atoms with van der Waals surface area (Å²) in [5.41, 5.74) is 0.292. The second-order valence-corrected chi connectivity index (χ2v) is 6.52. The molecule has 1 aromatic carbocycles. The van der Waals surface area contributed by atoms with Crippen molar-refractivity contribution in [2.45, 2.75) is 23.6 Å². The van der Waals surface area contributed by atoms with E-state index in [1.807, 2.05) is 0 Å². The van der Waals surface area contributed by atoms with E-state index in [9.17, 15) is 18.4 Å². The van der Waals surface area contributed by atoms with Crippen molar-refractivity contribution >= 4 is 40.6 Å². The minimum Gasteiger partial charge on any atom is -0.340 e. The monoisotopic (exact) mass is 356 g/mol. The van der Waals surface area contributed by atoms with Gasteiger partial charge in [0.2, 0.25) is 5.91 Å². The first-order valence-electron chi connectivity index (χ1n) is 6.66. The number of hydrogen-bond donors (Lipinski definition) is 2. The molecule has 1 aromatic heterocycles. The fraction of sp³-hybridized carbons (Fsp3) is 0.200. The van der Waals surface area contributed by atoms with Crippen LogP contribution in [-0.2, 0) is 4.79 Å². The predicted octanol–water partition coefficient (Wildman–Crippen LogP) is 3.82. The molecule has 2 rings (SSSR count). The maximum Gasteiger partial charge on any atom is 0.288 e. The Balaban J connectivity index is 2.00. The maximum atomic E-state index is 12.5. The van der Waals surface area contributed by atoms with Gasteiger partial charge >= 0.3 is 0 Å². The fourth-order valence-electron chi connectivity index (χ4n) is 1.75. The number of amides is 2. The average molecular weight is 356 g/mol. The summed E-state index contributed by atoms with van der Waals surface area (Å²) in [6, 6.07) is 8.89. The third-order valence-electron chi connectivity index (χ3n) is 2.85. The molecule has 0 radical (unpaired) electrons. The molecule has 1 atom stereocenters. The molecule has 0 saturated heterocycles. The van der Waals surface area contributed by atoms with E-state index < -0.39 is 17.7 Å². The minimum atomic E-state index is -2.58. The standard InChI is InChI=1S/C15H14F2N2O2S2/c1-9(18-14(21)12-7-4-8-22-12)13(20)19-10-5-2-3-6-11(10)23-15(16)17/h2-9,15H,1H3,(H,18,21)(H,19,20). The van der Waals surface area contributed by atoms with Gasteiger partial charge in [-0.25, -0.2) is 0 Å². The highest BCUT2D eigenvalue weighted by atomic mass is 32.2. The minimum absolute atomic E-state index is 0.271. The molecule has 0 spiro atoms. The average Bonchev–Trinajstić information content (AvgIpc) is 3.03. The van der Waals surface area contributed by atoms with Crippen molar-refractivity contribution in [3.63, 3.8) is 0 Å². The summed E-state index contributed by atoms with van der Waals surface area (Å²) in [6.07, 6.45) is 0. The molecule has 2 N–H and O–H groups in total. The van der Waals surface area contributed by atoms with Gasteiger partial charge in [0.1, 0.15) is 6.04 Å². The van der Waals surface area contributed by atoms with Crippen LogP contribution in [0, 0.1) is 0 Å². The Morgan fingerprint density at radius 1 is 1.17 bits per heavy atom. The second kappa shape index (κ2) is 8.07. The van der Waals surface area contributed by atoms with Crippen LogP contribution in [0.5, 0.6) is 0 Å². The molecule has 0 aliphatic heterocycles. The number of halogens is 2. The maximum absolute atomic E-state index is 12.5. The quantitative estimate of drug-likeness (QED) is 0.774. The largest absolute Gasteiger partial charge is 0.340 e. The molecule has 23 heavy (non-hydrogen) atoms. The zero-order valence-corrected chi connectivity index (χ0v) is 13.7. The number of nitrogens with one attached hydrogen (secondary N) is 2. The van der Waals surface area contributed by atoms with Crippen molar-refractivity contribution in [1.29, 1.82) is 0 Å². The topological polar surface area (TPSA) is 58.2 Å². The highest BCUT2D eigenvalue weighted by molar-refractivity contribution is 7.99. The lowest BCUT2D eigenvalue weighted by Gasteiger charge is -2.15. The molecule has 0 aliphatic rings. The van der Waals surface area contributed by atoms with Gasteiger partial charge < -0.3 is 10.6 Å². The van der Waals surface area contributed by atoms with E-state index in [1.54, 1.807) is 29.6 Å². The number of thioether (sulfide) groups is 1. The van der Waals surface area contributed by atoms with Gasteiger partial charge in [-0.15, -0.1) is 11.3 Å². The number of para-hydroxylation sites is 1. The van der Waals surface area contributed by atoms with Crippen molar-refractivity contribution in [3.05, 3.63) is 46.7 Å². The van der Waals surface area contributed by atoms with Crippen LogP contribution in [0.25, 0.3) is 0 Å². The van der Waals surface area contributed by atoms with Gasteiger partial charge in [-0.1, -0.05) is 30.0 Å². The number of rotatable bonds is 6. The van der Waals surface area contributed by atoms with Gasteiger partial charge in [0.25, 0.3) is 11.7 Å². The number of anilines is 1. The number of carbonyl (C=O) groups excluding carboxylic acids is 2. The third-order valence-corrected chi connectivity index (χ3v) is 4.50. The molecule has 2 amide bonds. The van der Waals surface area contributed by atoms with Crippen LogP contribution in [-0.4, -0.2) is 23.6 Å². The van der Waals surface area contributed by atoms with Crippen LogP contribution in [0.1, 0.15) is 16.6 Å². The van der Waals surface area contributed by atoms with Gasteiger partial charge in [0.05, 0.1) is 10.6 Å². The van der Waals surface area contributed by atoms with E-state index >= 15 is 0 Å². The summed E-state index contributed by atoms with van der Waals surface area (Å²) in [5.74, 6) is -3.40. The SMILES string of the molecule is CC(NC(=O)c1cccs1)C(=O)Nc1ccccc1SC(F)F. The van der Waals surface area contributed by atoms with Gasteiger partial charge in [0, 0.05) is 4.90 Å². The lowest BCUT2D eigenvalue weighted by molar-refractivity contribution is -0.117. The first-order chi connectivity index (χ1) is 11.0. The van der Waals surface area contributed by atoms with Crippen molar-refractivity contribution in [2.24, 2.45) is 0 Å². The normalized spacial score (nSPS) is 12.0. The Morgan fingerprint density at radius 3 is 2.57 bits per heavy atom. The van der Waals surface area contributed by atoms with Gasteiger partial charge in [0.15, 0.2) is 0 Å². The molecule has 0 bridgehead atoms.